The highest BCUT2D eigenvalue weighted by Gasteiger charge is 2.18. The summed E-state index contributed by atoms with van der Waals surface area (Å²) >= 11 is 6.18. The average molecular weight is 469 g/mol. The van der Waals surface area contributed by atoms with E-state index in [1.54, 1.807) is 0 Å². The fourth-order valence-electron chi connectivity index (χ4n) is 3.51. The van der Waals surface area contributed by atoms with E-state index in [1.807, 2.05) is 0 Å². The number of rotatable bonds is 7. The number of hydrogen-bond acceptors (Lipinski definition) is 4. The number of nitrogens with one attached hydrogen (secondary N) is 2. The lowest BCUT2D eigenvalue weighted by Gasteiger charge is -2.21. The lowest BCUT2D eigenvalue weighted by atomic mass is 9.97. The molecule has 1 fully saturated rings. The highest BCUT2D eigenvalue weighted by molar-refractivity contribution is 7.92. The largest absolute Gasteiger partial charge is 0.482 e. The summed E-state index contributed by atoms with van der Waals surface area (Å²) in [6.45, 7) is -0.198. The van der Waals surface area contributed by atoms with Gasteiger partial charge >= 0.3 is 0 Å². The first-order chi connectivity index (χ1) is 14.8. The molecule has 168 valence electrons. The molecule has 0 saturated heterocycles. The molecule has 1 amide bonds. The van der Waals surface area contributed by atoms with Gasteiger partial charge in [-0.2, -0.15) is 0 Å². The van der Waals surface area contributed by atoms with Crippen LogP contribution in [0.25, 0.3) is 0 Å². The van der Waals surface area contributed by atoms with E-state index in [4.69, 9.17) is 16.3 Å². The van der Waals surface area contributed by atoms with Crippen LogP contribution in [0.15, 0.2) is 47.4 Å². The van der Waals surface area contributed by atoms with Crippen LogP contribution in [0.1, 0.15) is 44.9 Å². The first kappa shape index (κ1) is 23.3. The molecule has 1 saturated carbocycles. The van der Waals surface area contributed by atoms with Gasteiger partial charge in [-0.3, -0.25) is 9.52 Å². The van der Waals surface area contributed by atoms with Crippen molar-refractivity contribution in [1.29, 1.82) is 0 Å². The van der Waals surface area contributed by atoms with Crippen molar-refractivity contribution in [1.82, 2.24) is 5.32 Å². The minimum absolute atomic E-state index is 0.0701. The van der Waals surface area contributed by atoms with E-state index in [2.05, 4.69) is 10.0 Å². The molecule has 31 heavy (non-hydrogen) atoms. The quantitative estimate of drug-likeness (QED) is 0.606. The van der Waals surface area contributed by atoms with Gasteiger partial charge < -0.3 is 10.1 Å². The zero-order chi connectivity index (χ0) is 22.3. The number of benzene rings is 2. The van der Waals surface area contributed by atoms with Gasteiger partial charge in [0.15, 0.2) is 6.61 Å². The van der Waals surface area contributed by atoms with Crippen LogP contribution in [0.5, 0.6) is 5.75 Å². The first-order valence-electron chi connectivity index (χ1n) is 10.3. The van der Waals surface area contributed by atoms with Crippen molar-refractivity contribution < 1.29 is 22.3 Å². The Balaban J connectivity index is 1.57. The molecule has 2 N–H and O–H groups in total. The van der Waals surface area contributed by atoms with Crippen molar-refractivity contribution in [2.45, 2.75) is 55.9 Å². The Labute approximate surface area is 187 Å². The fraction of sp³-hybridized carbons (Fsp3) is 0.409. The molecule has 0 bridgehead atoms. The Kier molecular flexibility index (Phi) is 8.15. The highest BCUT2D eigenvalue weighted by atomic mass is 35.5. The monoisotopic (exact) mass is 468 g/mol. The normalized spacial score (nSPS) is 15.5. The van der Waals surface area contributed by atoms with Gasteiger partial charge in [-0.1, -0.05) is 43.7 Å². The minimum Gasteiger partial charge on any atom is -0.482 e. The van der Waals surface area contributed by atoms with Crippen molar-refractivity contribution in [2.24, 2.45) is 0 Å². The van der Waals surface area contributed by atoms with E-state index in [9.17, 15) is 17.6 Å². The molecule has 0 aliphatic heterocycles. The van der Waals surface area contributed by atoms with Crippen molar-refractivity contribution >= 4 is 33.2 Å². The topological polar surface area (TPSA) is 84.5 Å². The van der Waals surface area contributed by atoms with E-state index in [1.165, 1.54) is 49.6 Å². The van der Waals surface area contributed by atoms with Crippen LogP contribution < -0.4 is 14.8 Å². The predicted molar refractivity (Wildman–Crippen MR) is 118 cm³/mol. The minimum atomic E-state index is -3.91. The average Bonchev–Trinajstić information content (AvgIpc) is 2.70. The second kappa shape index (κ2) is 10.8. The van der Waals surface area contributed by atoms with Crippen LogP contribution in [0.4, 0.5) is 10.1 Å². The zero-order valence-corrected chi connectivity index (χ0v) is 18.6. The highest BCUT2D eigenvalue weighted by Crippen LogP contribution is 2.28. The Morgan fingerprint density at radius 3 is 2.32 bits per heavy atom. The number of hydrogen-bond donors (Lipinski definition) is 2. The molecule has 9 heteroatoms. The van der Waals surface area contributed by atoms with Gasteiger partial charge in [0.25, 0.3) is 15.9 Å². The number of ether oxygens (including phenoxy) is 1. The van der Waals surface area contributed by atoms with Crippen molar-refractivity contribution in [2.75, 3.05) is 11.3 Å². The van der Waals surface area contributed by atoms with Crippen LogP contribution in [-0.4, -0.2) is 27.0 Å². The zero-order valence-electron chi connectivity index (χ0n) is 17.1. The summed E-state index contributed by atoms with van der Waals surface area (Å²) < 4.78 is 45.9. The molecule has 2 aromatic carbocycles. The summed E-state index contributed by atoms with van der Waals surface area (Å²) in [6.07, 6.45) is 7.82. The standard InChI is InChI=1S/C22H26ClFN2O4S/c23-20-14-19(31(28,29)26-18-10-8-16(24)9-11-18)12-13-21(20)30-15-22(27)25-17-6-4-2-1-3-5-7-17/h8-14,17,26H,1-7,15H2,(H,25,27). The maximum Gasteiger partial charge on any atom is 0.261 e. The molecule has 0 atom stereocenters. The summed E-state index contributed by atoms with van der Waals surface area (Å²) in [4.78, 5) is 12.2. The number of sulfonamides is 1. The lowest BCUT2D eigenvalue weighted by molar-refractivity contribution is -0.123. The molecule has 2 aromatic rings. The van der Waals surface area contributed by atoms with Gasteiger partial charge in [-0.05, 0) is 55.3 Å². The number of amides is 1. The third-order valence-corrected chi connectivity index (χ3v) is 6.81. The SMILES string of the molecule is O=C(COc1ccc(S(=O)(=O)Nc2ccc(F)cc2)cc1Cl)NC1CCCCCCC1. The molecule has 0 spiro atoms. The summed E-state index contributed by atoms with van der Waals surface area (Å²) in [5, 5.41) is 3.07. The van der Waals surface area contributed by atoms with E-state index in [0.717, 1.165) is 37.8 Å². The molecule has 0 unspecified atom stereocenters. The van der Waals surface area contributed by atoms with Gasteiger partial charge in [0.2, 0.25) is 0 Å². The van der Waals surface area contributed by atoms with Crippen molar-refractivity contribution in [3.05, 3.63) is 53.3 Å². The Morgan fingerprint density at radius 2 is 1.68 bits per heavy atom. The summed E-state index contributed by atoms with van der Waals surface area (Å²) in [5.41, 5.74) is 0.226. The van der Waals surface area contributed by atoms with Crippen molar-refractivity contribution in [3.63, 3.8) is 0 Å². The molecule has 0 radical (unpaired) electrons. The number of carbonyl (C=O) groups is 1. The second-order valence-corrected chi connectivity index (χ2v) is 9.69. The Hall–Kier alpha value is -2.32. The third kappa shape index (κ3) is 7.11. The Bertz CT molecular complexity index is 991. The number of anilines is 1. The summed E-state index contributed by atoms with van der Waals surface area (Å²) in [7, 11) is -3.91. The maximum atomic E-state index is 13.0. The van der Waals surface area contributed by atoms with Gasteiger partial charge in [-0.25, -0.2) is 12.8 Å². The molecule has 1 aliphatic carbocycles. The van der Waals surface area contributed by atoms with Gasteiger partial charge in [0.1, 0.15) is 11.6 Å². The van der Waals surface area contributed by atoms with Crippen LogP contribution in [0.3, 0.4) is 0 Å². The molecule has 0 heterocycles. The predicted octanol–water partition coefficient (Wildman–Crippen LogP) is 4.89. The smallest absolute Gasteiger partial charge is 0.261 e. The van der Waals surface area contributed by atoms with Gasteiger partial charge in [-0.15, -0.1) is 0 Å². The van der Waals surface area contributed by atoms with Crippen LogP contribution in [-0.2, 0) is 14.8 Å². The van der Waals surface area contributed by atoms with Gasteiger partial charge in [0.05, 0.1) is 9.92 Å². The first-order valence-corrected chi connectivity index (χ1v) is 12.2. The lowest BCUT2D eigenvalue weighted by Crippen LogP contribution is -2.38. The molecule has 0 aromatic heterocycles. The third-order valence-electron chi connectivity index (χ3n) is 5.14. The fourth-order valence-corrected chi connectivity index (χ4v) is 4.90. The van der Waals surface area contributed by atoms with Crippen molar-refractivity contribution in [3.8, 4) is 5.75 Å². The van der Waals surface area contributed by atoms with Gasteiger partial charge in [0, 0.05) is 11.7 Å². The Morgan fingerprint density at radius 1 is 1.03 bits per heavy atom. The molecular weight excluding hydrogens is 443 g/mol. The second-order valence-electron chi connectivity index (χ2n) is 7.60. The van der Waals surface area contributed by atoms with E-state index in [0.29, 0.717) is 0 Å². The summed E-state index contributed by atoms with van der Waals surface area (Å²) in [5.74, 6) is -0.474. The van der Waals surface area contributed by atoms with E-state index in [-0.39, 0.29) is 39.9 Å². The molecule has 6 nitrogen and oxygen atoms in total. The number of halogens is 2. The molecular formula is C22H26ClFN2O4S. The van der Waals surface area contributed by atoms with E-state index < -0.39 is 15.8 Å². The van der Waals surface area contributed by atoms with Crippen LogP contribution >= 0.6 is 11.6 Å². The molecule has 3 rings (SSSR count). The molecule has 1 aliphatic rings. The number of carbonyl (C=O) groups excluding carboxylic acids is 1. The van der Waals surface area contributed by atoms with Crippen LogP contribution in [0.2, 0.25) is 5.02 Å². The van der Waals surface area contributed by atoms with Crippen LogP contribution in [0, 0.1) is 5.82 Å². The maximum absolute atomic E-state index is 13.0. The summed E-state index contributed by atoms with van der Waals surface area (Å²) in [6, 6.07) is 9.10. The van der Waals surface area contributed by atoms with E-state index >= 15 is 0 Å².